The van der Waals surface area contributed by atoms with Gasteiger partial charge in [-0.3, -0.25) is 4.79 Å². The first kappa shape index (κ1) is 20.9. The molecule has 0 aromatic heterocycles. The topological polar surface area (TPSA) is 86.5 Å². The van der Waals surface area contributed by atoms with Gasteiger partial charge in [-0.25, -0.2) is 8.42 Å². The minimum Gasteiger partial charge on any atom is -0.466 e. The average molecular weight is 376 g/mol. The molecule has 0 heterocycles. The zero-order valence-electron chi connectivity index (χ0n) is 14.0. The van der Waals surface area contributed by atoms with E-state index in [0.29, 0.717) is 11.6 Å². The van der Waals surface area contributed by atoms with Crippen LogP contribution in [0.3, 0.4) is 0 Å². The van der Waals surface area contributed by atoms with E-state index in [0.717, 1.165) is 25.7 Å². The molecule has 0 aliphatic carbocycles. The number of halogens is 1. The van der Waals surface area contributed by atoms with Gasteiger partial charge in [-0.1, -0.05) is 44.2 Å². The minimum absolute atomic E-state index is 0.109. The highest BCUT2D eigenvalue weighted by atomic mass is 35.5. The van der Waals surface area contributed by atoms with E-state index in [1.807, 2.05) is 0 Å². The Labute approximate surface area is 149 Å². The lowest BCUT2D eigenvalue weighted by Crippen LogP contribution is -2.32. The second-order valence-electron chi connectivity index (χ2n) is 5.83. The molecule has 24 heavy (non-hydrogen) atoms. The Morgan fingerprint density at radius 3 is 2.42 bits per heavy atom. The van der Waals surface area contributed by atoms with E-state index in [2.05, 4.69) is 6.92 Å². The van der Waals surface area contributed by atoms with Crippen LogP contribution in [0.2, 0.25) is 5.02 Å². The number of hydrogen-bond acceptors (Lipinski definition) is 5. The Kier molecular flexibility index (Phi) is 9.33. The highest BCUT2D eigenvalue weighted by Gasteiger charge is 2.21. The quantitative estimate of drug-likeness (QED) is 0.473. The maximum atomic E-state index is 12.2. The van der Waals surface area contributed by atoms with Crippen LogP contribution in [-0.2, 0) is 19.4 Å². The number of rotatable bonds is 11. The molecule has 2 N–H and O–H groups in total. The van der Waals surface area contributed by atoms with Crippen molar-refractivity contribution in [3.63, 3.8) is 0 Å². The molecule has 136 valence electrons. The standard InChI is InChI=1S/C17H26ClNO4S/c1-2-3-4-5-6-11-23-17(20)12-15(19)13-24(21,22)16-9-7-14(18)8-10-16/h7-10,15H,2-6,11-13,19H2,1H3. The highest BCUT2D eigenvalue weighted by Crippen LogP contribution is 2.16. The molecule has 0 fully saturated rings. The smallest absolute Gasteiger partial charge is 0.307 e. The number of carbonyl (C=O) groups is 1. The summed E-state index contributed by atoms with van der Waals surface area (Å²) < 4.78 is 29.5. The lowest BCUT2D eigenvalue weighted by atomic mass is 10.2. The van der Waals surface area contributed by atoms with Crippen molar-refractivity contribution in [2.45, 2.75) is 56.4 Å². The number of ether oxygens (including phenoxy) is 1. The summed E-state index contributed by atoms with van der Waals surface area (Å²) in [6.45, 7) is 2.50. The Morgan fingerprint density at radius 2 is 1.79 bits per heavy atom. The van der Waals surface area contributed by atoms with Crippen molar-refractivity contribution in [2.75, 3.05) is 12.4 Å². The van der Waals surface area contributed by atoms with Gasteiger partial charge in [0.25, 0.3) is 0 Å². The van der Waals surface area contributed by atoms with Gasteiger partial charge in [0, 0.05) is 11.1 Å². The molecule has 0 radical (unpaired) electrons. The second kappa shape index (κ2) is 10.7. The number of carbonyl (C=O) groups excluding carboxylic acids is 1. The summed E-state index contributed by atoms with van der Waals surface area (Å²) in [6.07, 6.45) is 5.22. The molecule has 1 aromatic rings. The molecule has 1 aromatic carbocycles. The van der Waals surface area contributed by atoms with E-state index < -0.39 is 21.8 Å². The normalized spacial score (nSPS) is 12.8. The number of nitrogens with two attached hydrogens (primary N) is 1. The van der Waals surface area contributed by atoms with Crippen LogP contribution >= 0.6 is 11.6 Å². The van der Waals surface area contributed by atoms with Crippen molar-refractivity contribution >= 4 is 27.4 Å². The van der Waals surface area contributed by atoms with Gasteiger partial charge in [-0.2, -0.15) is 0 Å². The fourth-order valence-corrected chi connectivity index (χ4v) is 3.79. The van der Waals surface area contributed by atoms with Crippen molar-refractivity contribution in [2.24, 2.45) is 5.73 Å². The van der Waals surface area contributed by atoms with Crippen LogP contribution in [0.15, 0.2) is 29.2 Å². The van der Waals surface area contributed by atoms with Gasteiger partial charge in [-0.05, 0) is 30.7 Å². The first-order valence-electron chi connectivity index (χ1n) is 8.24. The van der Waals surface area contributed by atoms with Gasteiger partial charge in [-0.15, -0.1) is 0 Å². The molecule has 0 saturated heterocycles. The first-order chi connectivity index (χ1) is 11.3. The highest BCUT2D eigenvalue weighted by molar-refractivity contribution is 7.91. The molecule has 5 nitrogen and oxygen atoms in total. The Bertz CT molecular complexity index is 602. The fourth-order valence-electron chi connectivity index (χ4n) is 2.24. The molecule has 0 amide bonds. The predicted octanol–water partition coefficient (Wildman–Crippen LogP) is 3.34. The number of benzene rings is 1. The van der Waals surface area contributed by atoms with Crippen molar-refractivity contribution in [1.29, 1.82) is 0 Å². The number of esters is 1. The summed E-state index contributed by atoms with van der Waals surface area (Å²) in [5, 5.41) is 0.459. The summed E-state index contributed by atoms with van der Waals surface area (Å²) in [5.41, 5.74) is 5.79. The van der Waals surface area contributed by atoms with E-state index >= 15 is 0 Å². The monoisotopic (exact) mass is 375 g/mol. The molecule has 1 atom stereocenters. The first-order valence-corrected chi connectivity index (χ1v) is 10.3. The summed E-state index contributed by atoms with van der Waals surface area (Å²) in [5.74, 6) is -0.760. The summed E-state index contributed by atoms with van der Waals surface area (Å²) in [4.78, 5) is 11.8. The predicted molar refractivity (Wildman–Crippen MR) is 95.8 cm³/mol. The van der Waals surface area contributed by atoms with Crippen LogP contribution in [0.1, 0.15) is 45.4 Å². The van der Waals surface area contributed by atoms with Crippen LogP contribution in [0.4, 0.5) is 0 Å². The number of sulfone groups is 1. The van der Waals surface area contributed by atoms with Gasteiger partial charge < -0.3 is 10.5 Å². The molecule has 1 unspecified atom stereocenters. The third-order valence-corrected chi connectivity index (χ3v) is 5.66. The van der Waals surface area contributed by atoms with Crippen molar-refractivity contribution < 1.29 is 17.9 Å². The molecule has 0 spiro atoms. The molecular formula is C17H26ClNO4S. The van der Waals surface area contributed by atoms with Gasteiger partial charge in [0.2, 0.25) is 0 Å². The largest absolute Gasteiger partial charge is 0.466 e. The second-order valence-corrected chi connectivity index (χ2v) is 8.30. The van der Waals surface area contributed by atoms with Gasteiger partial charge in [0.15, 0.2) is 9.84 Å². The van der Waals surface area contributed by atoms with Crippen molar-refractivity contribution in [1.82, 2.24) is 0 Å². The zero-order chi connectivity index (χ0) is 18.0. The Balaban J connectivity index is 2.35. The average Bonchev–Trinajstić information content (AvgIpc) is 2.50. The Morgan fingerprint density at radius 1 is 1.17 bits per heavy atom. The van der Waals surface area contributed by atoms with Crippen LogP contribution in [0.5, 0.6) is 0 Å². The molecule has 0 saturated carbocycles. The van der Waals surface area contributed by atoms with E-state index in [-0.39, 0.29) is 17.1 Å². The van der Waals surface area contributed by atoms with Crippen molar-refractivity contribution in [3.05, 3.63) is 29.3 Å². The van der Waals surface area contributed by atoms with Gasteiger partial charge in [0.1, 0.15) is 0 Å². The Hall–Kier alpha value is -1.11. The maximum Gasteiger partial charge on any atom is 0.307 e. The molecule has 0 aliphatic rings. The van der Waals surface area contributed by atoms with E-state index in [1.165, 1.54) is 30.7 Å². The molecule has 1 rings (SSSR count). The molecule has 7 heteroatoms. The minimum atomic E-state index is -3.55. The van der Waals surface area contributed by atoms with E-state index in [1.54, 1.807) is 0 Å². The summed E-state index contributed by atoms with van der Waals surface area (Å²) in [6, 6.07) is 5.08. The molecule has 0 bridgehead atoms. The van der Waals surface area contributed by atoms with Crippen LogP contribution in [0.25, 0.3) is 0 Å². The summed E-state index contributed by atoms with van der Waals surface area (Å²) >= 11 is 5.74. The number of unbranched alkanes of at least 4 members (excludes halogenated alkanes) is 4. The number of hydrogen-bond donors (Lipinski definition) is 1. The van der Waals surface area contributed by atoms with Gasteiger partial charge in [0.05, 0.1) is 23.7 Å². The lowest BCUT2D eigenvalue weighted by molar-refractivity contribution is -0.144. The third kappa shape index (κ3) is 8.13. The molecule has 0 aliphatic heterocycles. The fraction of sp³-hybridized carbons (Fsp3) is 0.588. The zero-order valence-corrected chi connectivity index (χ0v) is 15.6. The van der Waals surface area contributed by atoms with Crippen LogP contribution in [-0.4, -0.2) is 32.8 Å². The third-order valence-electron chi connectivity index (χ3n) is 3.55. The van der Waals surface area contributed by atoms with Crippen LogP contribution < -0.4 is 5.73 Å². The van der Waals surface area contributed by atoms with Gasteiger partial charge >= 0.3 is 5.97 Å². The SMILES string of the molecule is CCCCCCCOC(=O)CC(N)CS(=O)(=O)c1ccc(Cl)cc1. The summed E-state index contributed by atoms with van der Waals surface area (Å²) in [7, 11) is -3.55. The molecular weight excluding hydrogens is 350 g/mol. The lowest BCUT2D eigenvalue weighted by Gasteiger charge is -2.12. The van der Waals surface area contributed by atoms with Crippen molar-refractivity contribution in [3.8, 4) is 0 Å². The maximum absolute atomic E-state index is 12.2. The van der Waals surface area contributed by atoms with Crippen LogP contribution in [0, 0.1) is 0 Å². The van der Waals surface area contributed by atoms with E-state index in [9.17, 15) is 13.2 Å². The van der Waals surface area contributed by atoms with E-state index in [4.69, 9.17) is 22.1 Å².